The van der Waals surface area contributed by atoms with Gasteiger partial charge in [-0.1, -0.05) is 12.1 Å². The van der Waals surface area contributed by atoms with Gasteiger partial charge in [-0.2, -0.15) is 0 Å². The predicted molar refractivity (Wildman–Crippen MR) is 88.9 cm³/mol. The van der Waals surface area contributed by atoms with Crippen molar-refractivity contribution >= 4 is 11.8 Å². The second-order valence-electron chi connectivity index (χ2n) is 6.66. The molecule has 1 radical (unpaired) electrons. The average Bonchev–Trinajstić information content (AvgIpc) is 3.13. The van der Waals surface area contributed by atoms with Crippen LogP contribution in [0.25, 0.3) is 0 Å². The highest BCUT2D eigenvalue weighted by molar-refractivity contribution is 5.95. The van der Waals surface area contributed by atoms with Gasteiger partial charge in [-0.15, -0.1) is 0 Å². The van der Waals surface area contributed by atoms with Gasteiger partial charge in [0.25, 0.3) is 5.91 Å². The van der Waals surface area contributed by atoms with Crippen molar-refractivity contribution in [1.82, 2.24) is 10.2 Å². The van der Waals surface area contributed by atoms with Gasteiger partial charge in [-0.3, -0.25) is 9.59 Å². The number of rotatable bonds is 7. The Kier molecular flexibility index (Phi) is 4.66. The van der Waals surface area contributed by atoms with E-state index in [0.717, 1.165) is 6.54 Å². The summed E-state index contributed by atoms with van der Waals surface area (Å²) >= 11 is 0. The molecule has 0 spiro atoms. The van der Waals surface area contributed by atoms with Crippen LogP contribution in [0.1, 0.15) is 41.6 Å². The van der Waals surface area contributed by atoms with E-state index in [9.17, 15) is 9.59 Å². The van der Waals surface area contributed by atoms with Gasteiger partial charge in [0, 0.05) is 24.1 Å². The fraction of sp³-hybridized carbons (Fsp3) is 0.500. The maximum atomic E-state index is 12.0. The third kappa shape index (κ3) is 3.91. The Bertz CT molecular complexity index is 572. The number of primary amides is 1. The van der Waals surface area contributed by atoms with Crippen LogP contribution >= 0.6 is 0 Å². The van der Waals surface area contributed by atoms with Crippen molar-refractivity contribution in [3.63, 3.8) is 0 Å². The molecule has 1 aromatic rings. The molecule has 5 heteroatoms. The Hall–Kier alpha value is -1.88. The standard InChI is InChI=1S/C18H24N3O2/c19-16(22)7-10-20-17(23)14-3-5-15(6-4-14)18(8-9-18)13-21-11-1-2-12-21/h3-7H,1-2,8-13H2,(H2,19,22)(H,20,23). The Balaban J connectivity index is 1.58. The van der Waals surface area contributed by atoms with Crippen LogP contribution in [-0.4, -0.2) is 42.9 Å². The fourth-order valence-electron chi connectivity index (χ4n) is 3.38. The molecule has 1 saturated carbocycles. The van der Waals surface area contributed by atoms with Crippen molar-refractivity contribution in [2.45, 2.75) is 31.1 Å². The molecule has 1 aromatic carbocycles. The SMILES string of the molecule is NC(=O)[CH]CNC(=O)c1ccc(C2(CN3CCCC3)CC2)cc1. The molecule has 1 saturated heterocycles. The lowest BCUT2D eigenvalue weighted by Crippen LogP contribution is -2.30. The van der Waals surface area contributed by atoms with E-state index in [0.29, 0.717) is 11.0 Å². The summed E-state index contributed by atoms with van der Waals surface area (Å²) in [6.45, 7) is 3.75. The summed E-state index contributed by atoms with van der Waals surface area (Å²) in [6, 6.07) is 7.91. The van der Waals surface area contributed by atoms with Gasteiger partial charge < -0.3 is 16.0 Å². The van der Waals surface area contributed by atoms with Crippen molar-refractivity contribution in [3.8, 4) is 0 Å². The minimum absolute atomic E-state index is 0.162. The molecule has 23 heavy (non-hydrogen) atoms. The molecular formula is C18H24N3O2. The normalized spacial score (nSPS) is 19.5. The van der Waals surface area contributed by atoms with Crippen LogP contribution in [0.2, 0.25) is 0 Å². The number of hydrogen-bond acceptors (Lipinski definition) is 3. The lowest BCUT2D eigenvalue weighted by Gasteiger charge is -2.23. The van der Waals surface area contributed by atoms with Crippen LogP contribution in [0.4, 0.5) is 0 Å². The molecule has 0 bridgehead atoms. The van der Waals surface area contributed by atoms with Crippen LogP contribution in [0.5, 0.6) is 0 Å². The van der Waals surface area contributed by atoms with Gasteiger partial charge in [-0.05, 0) is 56.5 Å². The van der Waals surface area contributed by atoms with Gasteiger partial charge in [0.2, 0.25) is 5.91 Å². The summed E-state index contributed by atoms with van der Waals surface area (Å²) in [4.78, 5) is 25.2. The number of carbonyl (C=O) groups is 2. The Morgan fingerprint density at radius 2 is 1.83 bits per heavy atom. The third-order valence-electron chi connectivity index (χ3n) is 4.90. The molecule has 1 heterocycles. The first-order chi connectivity index (χ1) is 11.1. The molecule has 5 nitrogen and oxygen atoms in total. The van der Waals surface area contributed by atoms with Crippen LogP contribution in [-0.2, 0) is 10.2 Å². The first-order valence-electron chi connectivity index (χ1n) is 8.33. The van der Waals surface area contributed by atoms with Crippen molar-refractivity contribution < 1.29 is 9.59 Å². The van der Waals surface area contributed by atoms with Gasteiger partial charge in [0.1, 0.15) is 0 Å². The topological polar surface area (TPSA) is 75.4 Å². The number of carbonyl (C=O) groups excluding carboxylic acids is 2. The van der Waals surface area contributed by atoms with E-state index < -0.39 is 5.91 Å². The minimum atomic E-state index is -0.529. The number of hydrogen-bond donors (Lipinski definition) is 2. The summed E-state index contributed by atoms with van der Waals surface area (Å²) in [5.74, 6) is -0.711. The van der Waals surface area contributed by atoms with E-state index in [1.165, 1.54) is 50.8 Å². The number of likely N-dealkylation sites (tertiary alicyclic amines) is 1. The molecule has 3 rings (SSSR count). The van der Waals surface area contributed by atoms with Gasteiger partial charge in [-0.25, -0.2) is 0 Å². The summed E-state index contributed by atoms with van der Waals surface area (Å²) in [5.41, 5.74) is 7.27. The second-order valence-corrected chi connectivity index (χ2v) is 6.66. The largest absolute Gasteiger partial charge is 0.369 e. The predicted octanol–water partition coefficient (Wildman–Crippen LogP) is 1.23. The number of benzene rings is 1. The molecule has 1 aliphatic heterocycles. The zero-order valence-corrected chi connectivity index (χ0v) is 13.4. The maximum Gasteiger partial charge on any atom is 0.251 e. The number of nitrogens with two attached hydrogens (primary N) is 1. The number of nitrogens with one attached hydrogen (secondary N) is 1. The van der Waals surface area contributed by atoms with E-state index >= 15 is 0 Å². The van der Waals surface area contributed by atoms with Crippen LogP contribution in [0.15, 0.2) is 24.3 Å². The molecule has 0 unspecified atom stereocenters. The number of amides is 2. The highest BCUT2D eigenvalue weighted by atomic mass is 16.2. The summed E-state index contributed by atoms with van der Waals surface area (Å²) in [5, 5.41) is 2.66. The lowest BCUT2D eigenvalue weighted by molar-refractivity contribution is -0.114. The third-order valence-corrected chi connectivity index (χ3v) is 4.90. The molecule has 1 aliphatic carbocycles. The molecule has 3 N–H and O–H groups in total. The first kappa shape index (κ1) is 16.0. The van der Waals surface area contributed by atoms with Gasteiger partial charge in [0.15, 0.2) is 0 Å². The Morgan fingerprint density at radius 3 is 2.39 bits per heavy atom. The molecular weight excluding hydrogens is 290 g/mol. The average molecular weight is 314 g/mol. The van der Waals surface area contributed by atoms with Crippen LogP contribution < -0.4 is 11.1 Å². The minimum Gasteiger partial charge on any atom is -0.369 e. The van der Waals surface area contributed by atoms with Crippen molar-refractivity contribution in [2.24, 2.45) is 5.73 Å². The Morgan fingerprint density at radius 1 is 1.17 bits per heavy atom. The van der Waals surface area contributed by atoms with E-state index in [2.05, 4.69) is 22.3 Å². The first-order valence-corrected chi connectivity index (χ1v) is 8.33. The van der Waals surface area contributed by atoms with Crippen LogP contribution in [0, 0.1) is 6.42 Å². The lowest BCUT2D eigenvalue weighted by atomic mass is 9.94. The summed E-state index contributed by atoms with van der Waals surface area (Å²) < 4.78 is 0. The van der Waals surface area contributed by atoms with Crippen LogP contribution in [0.3, 0.4) is 0 Å². The Labute approximate surface area is 137 Å². The van der Waals surface area contributed by atoms with E-state index in [4.69, 9.17) is 5.73 Å². The smallest absolute Gasteiger partial charge is 0.251 e. The molecule has 0 aromatic heterocycles. The fourth-order valence-corrected chi connectivity index (χ4v) is 3.38. The van der Waals surface area contributed by atoms with Gasteiger partial charge >= 0.3 is 0 Å². The monoisotopic (exact) mass is 314 g/mol. The molecule has 2 fully saturated rings. The highest BCUT2D eigenvalue weighted by Crippen LogP contribution is 2.49. The zero-order valence-electron chi connectivity index (χ0n) is 13.4. The van der Waals surface area contributed by atoms with Crippen molar-refractivity contribution in [1.29, 1.82) is 0 Å². The summed E-state index contributed by atoms with van der Waals surface area (Å²) in [7, 11) is 0. The van der Waals surface area contributed by atoms with Gasteiger partial charge in [0.05, 0.1) is 6.42 Å². The van der Waals surface area contributed by atoms with E-state index in [1.807, 2.05) is 12.1 Å². The molecule has 2 amide bonds. The summed E-state index contributed by atoms with van der Waals surface area (Å²) in [6.07, 6.45) is 6.36. The second kappa shape index (κ2) is 6.71. The van der Waals surface area contributed by atoms with E-state index in [1.54, 1.807) is 0 Å². The van der Waals surface area contributed by atoms with E-state index in [-0.39, 0.29) is 12.5 Å². The molecule has 2 aliphatic rings. The number of nitrogens with zero attached hydrogens (tertiary/aromatic N) is 1. The van der Waals surface area contributed by atoms with Crippen molar-refractivity contribution in [2.75, 3.05) is 26.2 Å². The maximum absolute atomic E-state index is 12.0. The molecule has 0 atom stereocenters. The highest BCUT2D eigenvalue weighted by Gasteiger charge is 2.45. The molecule has 123 valence electrons. The zero-order chi connectivity index (χ0) is 16.3. The quantitative estimate of drug-likeness (QED) is 0.795. The van der Waals surface area contributed by atoms with Crippen molar-refractivity contribution in [3.05, 3.63) is 41.8 Å².